The summed E-state index contributed by atoms with van der Waals surface area (Å²) in [6.45, 7) is 4.24. The van der Waals surface area contributed by atoms with Crippen LogP contribution in [-0.4, -0.2) is 28.2 Å². The summed E-state index contributed by atoms with van der Waals surface area (Å²) in [5, 5.41) is 8.16. The fourth-order valence-electron chi connectivity index (χ4n) is 2.30. The van der Waals surface area contributed by atoms with Gasteiger partial charge in [-0.2, -0.15) is 0 Å². The number of hydrogen-bond acceptors (Lipinski definition) is 3. The lowest BCUT2D eigenvalue weighted by Gasteiger charge is -2.41. The van der Waals surface area contributed by atoms with Gasteiger partial charge < -0.3 is 4.74 Å². The lowest BCUT2D eigenvalue weighted by atomic mass is 9.78. The molecule has 4 nitrogen and oxygen atoms in total. The first-order valence-electron chi connectivity index (χ1n) is 5.89. The number of hydrogen-bond donors (Lipinski definition) is 0. The Morgan fingerprint density at radius 1 is 1.44 bits per heavy atom. The van der Waals surface area contributed by atoms with Crippen LogP contribution in [0.2, 0.25) is 0 Å². The van der Waals surface area contributed by atoms with Crippen LogP contribution in [0, 0.1) is 6.92 Å². The van der Waals surface area contributed by atoms with Gasteiger partial charge in [-0.05, 0) is 24.6 Å². The maximum Gasteiger partial charge on any atom is 0.0796 e. The van der Waals surface area contributed by atoms with Crippen molar-refractivity contribution in [1.82, 2.24) is 15.0 Å². The van der Waals surface area contributed by atoms with Crippen LogP contribution in [0.4, 0.5) is 0 Å². The van der Waals surface area contributed by atoms with E-state index in [1.54, 1.807) is 0 Å². The van der Waals surface area contributed by atoms with E-state index in [2.05, 4.69) is 44.4 Å². The molecule has 1 aliphatic rings. The van der Waals surface area contributed by atoms with E-state index < -0.39 is 0 Å². The molecule has 1 aliphatic heterocycles. The number of rotatable bonds is 3. The molecule has 1 saturated heterocycles. The SMILES string of the molecule is Cc1cn(CC2(c3cccc(Br)c3)COC2)nn1. The smallest absolute Gasteiger partial charge is 0.0796 e. The summed E-state index contributed by atoms with van der Waals surface area (Å²) in [5.41, 5.74) is 2.26. The molecule has 0 amide bonds. The standard InChI is InChI=1S/C13H14BrN3O/c1-10-6-17(16-15-10)7-13(8-18-9-13)11-3-2-4-12(14)5-11/h2-6H,7-9H2,1H3. The quantitative estimate of drug-likeness (QED) is 0.873. The molecule has 1 fully saturated rings. The topological polar surface area (TPSA) is 39.9 Å². The maximum atomic E-state index is 5.43. The first-order valence-corrected chi connectivity index (χ1v) is 6.68. The van der Waals surface area contributed by atoms with Crippen molar-refractivity contribution in [3.8, 4) is 0 Å². The Morgan fingerprint density at radius 3 is 2.83 bits per heavy atom. The molecule has 2 heterocycles. The third kappa shape index (κ3) is 2.08. The summed E-state index contributed by atoms with van der Waals surface area (Å²) in [7, 11) is 0. The average Bonchev–Trinajstić information content (AvgIpc) is 2.69. The van der Waals surface area contributed by atoms with Crippen LogP contribution in [0.5, 0.6) is 0 Å². The molecule has 0 unspecified atom stereocenters. The number of ether oxygens (including phenoxy) is 1. The Kier molecular flexibility index (Phi) is 2.95. The zero-order valence-corrected chi connectivity index (χ0v) is 11.7. The van der Waals surface area contributed by atoms with E-state index in [4.69, 9.17) is 4.74 Å². The van der Waals surface area contributed by atoms with E-state index in [9.17, 15) is 0 Å². The number of benzene rings is 1. The highest BCUT2D eigenvalue weighted by Crippen LogP contribution is 2.35. The summed E-state index contributed by atoms with van der Waals surface area (Å²) in [4.78, 5) is 0. The molecule has 18 heavy (non-hydrogen) atoms. The molecule has 0 bridgehead atoms. The Morgan fingerprint density at radius 2 is 2.28 bits per heavy atom. The number of nitrogens with zero attached hydrogens (tertiary/aromatic N) is 3. The highest BCUT2D eigenvalue weighted by atomic mass is 79.9. The summed E-state index contributed by atoms with van der Waals surface area (Å²) < 4.78 is 8.43. The van der Waals surface area contributed by atoms with Crippen LogP contribution in [-0.2, 0) is 16.7 Å². The van der Waals surface area contributed by atoms with Crippen LogP contribution in [0.25, 0.3) is 0 Å². The minimum Gasteiger partial charge on any atom is -0.379 e. The van der Waals surface area contributed by atoms with Crippen LogP contribution in [0.3, 0.4) is 0 Å². The van der Waals surface area contributed by atoms with Crippen molar-refractivity contribution in [2.75, 3.05) is 13.2 Å². The highest BCUT2D eigenvalue weighted by Gasteiger charge is 2.41. The molecule has 0 atom stereocenters. The molecule has 94 valence electrons. The molecule has 5 heteroatoms. The van der Waals surface area contributed by atoms with Crippen molar-refractivity contribution in [1.29, 1.82) is 0 Å². The van der Waals surface area contributed by atoms with Gasteiger partial charge in [-0.25, -0.2) is 0 Å². The van der Waals surface area contributed by atoms with Gasteiger partial charge in [0, 0.05) is 10.7 Å². The van der Waals surface area contributed by atoms with Gasteiger partial charge in [0.15, 0.2) is 0 Å². The van der Waals surface area contributed by atoms with Crippen molar-refractivity contribution in [3.63, 3.8) is 0 Å². The Hall–Kier alpha value is -1.20. The van der Waals surface area contributed by atoms with Gasteiger partial charge in [-0.3, -0.25) is 4.68 Å². The molecule has 3 rings (SSSR count). The lowest BCUT2D eigenvalue weighted by molar-refractivity contribution is -0.0702. The first kappa shape index (κ1) is 11.9. The molecular weight excluding hydrogens is 294 g/mol. The zero-order chi connectivity index (χ0) is 12.6. The van der Waals surface area contributed by atoms with Crippen molar-refractivity contribution >= 4 is 15.9 Å². The Labute approximate surface area is 114 Å². The third-order valence-corrected chi connectivity index (χ3v) is 3.80. The normalized spacial score (nSPS) is 17.4. The summed E-state index contributed by atoms with van der Waals surface area (Å²) in [5.74, 6) is 0. The van der Waals surface area contributed by atoms with Gasteiger partial charge >= 0.3 is 0 Å². The van der Waals surface area contributed by atoms with Gasteiger partial charge in [0.25, 0.3) is 0 Å². The number of aromatic nitrogens is 3. The predicted molar refractivity (Wildman–Crippen MR) is 71.4 cm³/mol. The molecule has 0 aliphatic carbocycles. The minimum absolute atomic E-state index is 0.0317. The molecular formula is C13H14BrN3O. The van der Waals surface area contributed by atoms with E-state index in [1.807, 2.05) is 23.9 Å². The molecule has 0 N–H and O–H groups in total. The van der Waals surface area contributed by atoms with Crippen molar-refractivity contribution in [2.45, 2.75) is 18.9 Å². The van der Waals surface area contributed by atoms with Crippen molar-refractivity contribution in [2.24, 2.45) is 0 Å². The monoisotopic (exact) mass is 307 g/mol. The maximum absolute atomic E-state index is 5.43. The summed E-state index contributed by atoms with van der Waals surface area (Å²) in [6, 6.07) is 8.41. The fraction of sp³-hybridized carbons (Fsp3) is 0.385. The molecule has 0 radical (unpaired) electrons. The van der Waals surface area contributed by atoms with Crippen LogP contribution < -0.4 is 0 Å². The molecule has 0 spiro atoms. The second kappa shape index (κ2) is 4.48. The first-order chi connectivity index (χ1) is 8.68. The van der Waals surface area contributed by atoms with E-state index in [0.717, 1.165) is 29.9 Å². The zero-order valence-electron chi connectivity index (χ0n) is 10.1. The molecule has 0 saturated carbocycles. The highest BCUT2D eigenvalue weighted by molar-refractivity contribution is 9.10. The van der Waals surface area contributed by atoms with Crippen LogP contribution >= 0.6 is 15.9 Å². The van der Waals surface area contributed by atoms with Crippen molar-refractivity contribution in [3.05, 3.63) is 46.2 Å². The van der Waals surface area contributed by atoms with Gasteiger partial charge in [0.1, 0.15) is 0 Å². The second-order valence-corrected chi connectivity index (χ2v) is 5.76. The number of halogens is 1. The van der Waals surface area contributed by atoms with Gasteiger partial charge in [-0.1, -0.05) is 33.3 Å². The third-order valence-electron chi connectivity index (χ3n) is 3.31. The molecule has 1 aromatic carbocycles. The van der Waals surface area contributed by atoms with Crippen LogP contribution in [0.15, 0.2) is 34.9 Å². The van der Waals surface area contributed by atoms with E-state index in [1.165, 1.54) is 5.56 Å². The predicted octanol–water partition coefficient (Wildman–Crippen LogP) is 2.32. The fourth-order valence-corrected chi connectivity index (χ4v) is 2.70. The van der Waals surface area contributed by atoms with E-state index in [-0.39, 0.29) is 5.41 Å². The molecule has 2 aromatic rings. The summed E-state index contributed by atoms with van der Waals surface area (Å²) >= 11 is 3.52. The summed E-state index contributed by atoms with van der Waals surface area (Å²) in [6.07, 6.45) is 1.97. The van der Waals surface area contributed by atoms with Crippen molar-refractivity contribution < 1.29 is 4.74 Å². The Balaban J connectivity index is 1.90. The van der Waals surface area contributed by atoms with Crippen LogP contribution in [0.1, 0.15) is 11.3 Å². The minimum atomic E-state index is 0.0317. The average molecular weight is 308 g/mol. The van der Waals surface area contributed by atoms with Gasteiger partial charge in [-0.15, -0.1) is 5.10 Å². The van der Waals surface area contributed by atoms with E-state index in [0.29, 0.717) is 0 Å². The Bertz CT molecular complexity index is 563. The number of aryl methyl sites for hydroxylation is 1. The molecule has 1 aromatic heterocycles. The largest absolute Gasteiger partial charge is 0.379 e. The van der Waals surface area contributed by atoms with E-state index >= 15 is 0 Å². The second-order valence-electron chi connectivity index (χ2n) is 4.84. The van der Waals surface area contributed by atoms with Gasteiger partial charge in [0.05, 0.1) is 30.9 Å². The lowest BCUT2D eigenvalue weighted by Crippen LogP contribution is -2.50. The van der Waals surface area contributed by atoms with Gasteiger partial charge in [0.2, 0.25) is 0 Å².